The van der Waals surface area contributed by atoms with Crippen LogP contribution in [0.15, 0.2) is 0 Å². The van der Waals surface area contributed by atoms with Crippen molar-refractivity contribution in [3.8, 4) is 0 Å². The van der Waals surface area contributed by atoms with Crippen LogP contribution in [0.1, 0.15) is 41.0 Å². The largest absolute Gasteiger partial charge is 0.381 e. The summed E-state index contributed by atoms with van der Waals surface area (Å²) in [6.45, 7) is 13.1. The average molecular weight is 175 g/mol. The van der Waals surface area contributed by atoms with Crippen molar-refractivity contribution in [2.45, 2.75) is 41.0 Å². The Kier molecular flexibility index (Phi) is 10.8. The molecule has 12 heavy (non-hydrogen) atoms. The first kappa shape index (κ1) is 14.4. The van der Waals surface area contributed by atoms with Crippen molar-refractivity contribution >= 4 is 0 Å². The highest BCUT2D eigenvalue weighted by Gasteiger charge is 2.08. The van der Waals surface area contributed by atoms with Crippen molar-refractivity contribution in [1.82, 2.24) is 0 Å². The third-order valence-electron chi connectivity index (χ3n) is 0.884. The van der Waals surface area contributed by atoms with E-state index in [1.54, 1.807) is 0 Å². The molecule has 0 aromatic carbocycles. The molecule has 76 valence electrons. The van der Waals surface area contributed by atoms with E-state index in [4.69, 9.17) is 10.5 Å². The molecule has 0 aliphatic heterocycles. The molecule has 0 unspecified atom stereocenters. The van der Waals surface area contributed by atoms with E-state index in [0.29, 0.717) is 5.41 Å². The lowest BCUT2D eigenvalue weighted by Gasteiger charge is -2.17. The summed E-state index contributed by atoms with van der Waals surface area (Å²) in [5, 5.41) is 0. The summed E-state index contributed by atoms with van der Waals surface area (Å²) in [4.78, 5) is 0. The van der Waals surface area contributed by atoms with Crippen LogP contribution >= 0.6 is 0 Å². The normalized spacial score (nSPS) is 10.5. The lowest BCUT2D eigenvalue weighted by molar-refractivity contribution is 0.0717. The molecule has 0 atom stereocenters. The molecule has 0 aliphatic carbocycles. The van der Waals surface area contributed by atoms with Gasteiger partial charge in [0, 0.05) is 6.61 Å². The molecule has 0 radical (unpaired) electrons. The second kappa shape index (κ2) is 9.01. The minimum Gasteiger partial charge on any atom is -0.381 e. The van der Waals surface area contributed by atoms with Crippen molar-refractivity contribution in [3.63, 3.8) is 0 Å². The molecule has 0 bridgehead atoms. The molecule has 0 spiro atoms. The van der Waals surface area contributed by atoms with E-state index in [2.05, 4.69) is 27.7 Å². The van der Waals surface area contributed by atoms with E-state index >= 15 is 0 Å². The minimum atomic E-state index is 0.329. The van der Waals surface area contributed by atoms with Crippen molar-refractivity contribution in [2.75, 3.05) is 19.8 Å². The highest BCUT2D eigenvalue weighted by atomic mass is 16.5. The monoisotopic (exact) mass is 175 g/mol. The minimum absolute atomic E-state index is 0.329. The zero-order valence-corrected chi connectivity index (χ0v) is 9.31. The average Bonchev–Trinajstić information content (AvgIpc) is 1.87. The van der Waals surface area contributed by atoms with Gasteiger partial charge in [0.05, 0.1) is 6.61 Å². The van der Waals surface area contributed by atoms with Crippen LogP contribution < -0.4 is 5.73 Å². The first-order chi connectivity index (χ1) is 5.47. The summed E-state index contributed by atoms with van der Waals surface area (Å²) in [7, 11) is 0. The van der Waals surface area contributed by atoms with E-state index in [1.165, 1.54) is 0 Å². The van der Waals surface area contributed by atoms with Crippen LogP contribution in [0.5, 0.6) is 0 Å². The Balaban J connectivity index is 0. The first-order valence-corrected chi connectivity index (χ1v) is 4.75. The van der Waals surface area contributed by atoms with Gasteiger partial charge < -0.3 is 10.5 Å². The number of hydrogen-bond acceptors (Lipinski definition) is 2. The van der Waals surface area contributed by atoms with Gasteiger partial charge in [-0.2, -0.15) is 0 Å². The molecular formula is C10H25NO. The summed E-state index contributed by atoms with van der Waals surface area (Å²) < 4.78 is 5.35. The van der Waals surface area contributed by atoms with Gasteiger partial charge in [-0.25, -0.2) is 0 Å². The van der Waals surface area contributed by atoms with Crippen LogP contribution in [-0.2, 0) is 4.74 Å². The maximum Gasteiger partial charge on any atom is 0.0514 e. The number of ether oxygens (including phenoxy) is 1. The molecule has 0 aromatic rings. The van der Waals surface area contributed by atoms with Crippen molar-refractivity contribution < 1.29 is 4.74 Å². The first-order valence-electron chi connectivity index (χ1n) is 4.75. The van der Waals surface area contributed by atoms with Gasteiger partial charge in [-0.1, -0.05) is 34.6 Å². The Morgan fingerprint density at radius 3 is 1.83 bits per heavy atom. The summed E-state index contributed by atoms with van der Waals surface area (Å²) >= 11 is 0. The van der Waals surface area contributed by atoms with E-state index in [9.17, 15) is 0 Å². The van der Waals surface area contributed by atoms with Crippen LogP contribution in [0.25, 0.3) is 0 Å². The Bertz CT molecular complexity index is 76.4. The molecule has 0 fully saturated rings. The predicted molar refractivity (Wildman–Crippen MR) is 55.3 cm³/mol. The highest BCUT2D eigenvalue weighted by molar-refractivity contribution is 4.58. The third kappa shape index (κ3) is 22.5. The lowest BCUT2D eigenvalue weighted by Crippen LogP contribution is -2.14. The predicted octanol–water partition coefficient (Wildman–Crippen LogP) is 2.42. The van der Waals surface area contributed by atoms with Gasteiger partial charge in [-0.15, -0.1) is 0 Å². The van der Waals surface area contributed by atoms with Crippen LogP contribution in [0.4, 0.5) is 0 Å². The SMILES string of the molecule is CCCOCC(C)(C)C.CCN. The molecule has 2 N–H and O–H groups in total. The lowest BCUT2D eigenvalue weighted by atomic mass is 9.99. The fourth-order valence-electron chi connectivity index (χ4n) is 0.523. The molecule has 0 saturated heterocycles. The van der Waals surface area contributed by atoms with E-state index in [1.807, 2.05) is 6.92 Å². The molecule has 0 heterocycles. The van der Waals surface area contributed by atoms with Crippen LogP contribution in [0.2, 0.25) is 0 Å². The standard InChI is InChI=1S/C8H18O.C2H7N/c1-5-6-9-7-8(2,3)4;1-2-3/h5-7H2,1-4H3;2-3H2,1H3. The number of hydrogen-bond donors (Lipinski definition) is 1. The van der Waals surface area contributed by atoms with Gasteiger partial charge in [0.2, 0.25) is 0 Å². The Morgan fingerprint density at radius 1 is 1.17 bits per heavy atom. The summed E-state index contributed by atoms with van der Waals surface area (Å²) in [6.07, 6.45) is 1.12. The van der Waals surface area contributed by atoms with Gasteiger partial charge in [0.25, 0.3) is 0 Å². The molecular weight excluding hydrogens is 150 g/mol. The fraction of sp³-hybridized carbons (Fsp3) is 1.00. The second-order valence-electron chi connectivity index (χ2n) is 4.02. The van der Waals surface area contributed by atoms with E-state index in [-0.39, 0.29) is 0 Å². The Morgan fingerprint density at radius 2 is 1.58 bits per heavy atom. The van der Waals surface area contributed by atoms with Crippen LogP contribution in [-0.4, -0.2) is 19.8 Å². The highest BCUT2D eigenvalue weighted by Crippen LogP contribution is 2.12. The molecule has 2 heteroatoms. The summed E-state index contributed by atoms with van der Waals surface area (Å²) in [6, 6.07) is 0. The summed E-state index contributed by atoms with van der Waals surface area (Å²) in [5.74, 6) is 0. The Labute approximate surface area is 77.5 Å². The second-order valence-corrected chi connectivity index (χ2v) is 4.02. The van der Waals surface area contributed by atoms with Gasteiger partial charge in [-0.3, -0.25) is 0 Å². The van der Waals surface area contributed by atoms with Crippen molar-refractivity contribution in [3.05, 3.63) is 0 Å². The molecule has 0 rings (SSSR count). The van der Waals surface area contributed by atoms with E-state index < -0.39 is 0 Å². The molecule has 0 amide bonds. The maximum atomic E-state index is 5.35. The zero-order valence-electron chi connectivity index (χ0n) is 9.31. The number of nitrogens with two attached hydrogens (primary N) is 1. The van der Waals surface area contributed by atoms with Gasteiger partial charge in [-0.05, 0) is 18.4 Å². The maximum absolute atomic E-state index is 5.35. The van der Waals surface area contributed by atoms with E-state index in [0.717, 1.165) is 26.2 Å². The molecule has 0 aliphatic rings. The van der Waals surface area contributed by atoms with Gasteiger partial charge >= 0.3 is 0 Å². The van der Waals surface area contributed by atoms with Crippen LogP contribution in [0, 0.1) is 5.41 Å². The van der Waals surface area contributed by atoms with Gasteiger partial charge in [0.1, 0.15) is 0 Å². The number of rotatable bonds is 3. The smallest absolute Gasteiger partial charge is 0.0514 e. The molecule has 0 saturated carbocycles. The summed E-state index contributed by atoms with van der Waals surface area (Å²) in [5.41, 5.74) is 5.18. The van der Waals surface area contributed by atoms with Crippen LogP contribution in [0.3, 0.4) is 0 Å². The van der Waals surface area contributed by atoms with Crippen molar-refractivity contribution in [1.29, 1.82) is 0 Å². The van der Waals surface area contributed by atoms with Gasteiger partial charge in [0.15, 0.2) is 0 Å². The quantitative estimate of drug-likeness (QED) is 0.669. The molecule has 0 aromatic heterocycles. The molecule has 2 nitrogen and oxygen atoms in total. The Hall–Kier alpha value is -0.0800. The van der Waals surface area contributed by atoms with Crippen molar-refractivity contribution in [2.24, 2.45) is 11.1 Å². The fourth-order valence-corrected chi connectivity index (χ4v) is 0.523. The third-order valence-corrected chi connectivity index (χ3v) is 0.884. The zero-order chi connectivity index (χ0) is 10.0. The topological polar surface area (TPSA) is 35.2 Å².